The van der Waals surface area contributed by atoms with Gasteiger partial charge in [-0.05, 0) is 34.5 Å². The van der Waals surface area contributed by atoms with E-state index in [2.05, 4.69) is 15.9 Å². The molecular formula is C18H21BrN2O4. The first kappa shape index (κ1) is 17.0. The van der Waals surface area contributed by atoms with E-state index in [0.717, 1.165) is 10.2 Å². The van der Waals surface area contributed by atoms with E-state index in [1.165, 1.54) is 0 Å². The molecule has 25 heavy (non-hydrogen) atoms. The molecule has 0 N–H and O–H groups in total. The van der Waals surface area contributed by atoms with Crippen LogP contribution in [0.25, 0.3) is 0 Å². The third-order valence-corrected chi connectivity index (χ3v) is 5.97. The number of amides is 2. The summed E-state index contributed by atoms with van der Waals surface area (Å²) in [6, 6.07) is 7.61. The van der Waals surface area contributed by atoms with E-state index in [0.29, 0.717) is 52.1 Å². The maximum atomic E-state index is 12.9. The summed E-state index contributed by atoms with van der Waals surface area (Å²) < 4.78 is 12.3. The summed E-state index contributed by atoms with van der Waals surface area (Å²) >= 11 is 3.48. The molecule has 3 aliphatic heterocycles. The first-order chi connectivity index (χ1) is 12.1. The number of ether oxygens (including phenoxy) is 2. The zero-order valence-electron chi connectivity index (χ0n) is 13.9. The highest BCUT2D eigenvalue weighted by Crippen LogP contribution is 2.34. The number of carbonyl (C=O) groups is 2. The molecule has 0 saturated carbocycles. The summed E-state index contributed by atoms with van der Waals surface area (Å²) in [5.41, 5.74) is 0.827. The second-order valence-electron chi connectivity index (χ2n) is 6.72. The van der Waals surface area contributed by atoms with Crippen LogP contribution in [0.4, 0.5) is 5.69 Å². The zero-order chi connectivity index (χ0) is 17.4. The number of anilines is 1. The molecule has 0 aliphatic carbocycles. The van der Waals surface area contributed by atoms with E-state index in [1.807, 2.05) is 24.3 Å². The van der Waals surface area contributed by atoms with Crippen molar-refractivity contribution in [2.75, 3.05) is 37.7 Å². The van der Waals surface area contributed by atoms with Crippen molar-refractivity contribution in [2.45, 2.75) is 25.0 Å². The SMILES string of the molecule is O=C(C1CCN(c2ccccc2Br)C1=O)N1CCC2(CC1)OCCO2. The van der Waals surface area contributed by atoms with Crippen molar-refractivity contribution in [3.63, 3.8) is 0 Å². The molecule has 3 saturated heterocycles. The Balaban J connectivity index is 1.42. The minimum Gasteiger partial charge on any atom is -0.347 e. The Labute approximate surface area is 155 Å². The Kier molecular flexibility index (Phi) is 4.56. The third kappa shape index (κ3) is 3.09. The van der Waals surface area contributed by atoms with Gasteiger partial charge < -0.3 is 19.3 Å². The number of nitrogens with zero attached hydrogens (tertiary/aromatic N) is 2. The lowest BCUT2D eigenvalue weighted by Gasteiger charge is -2.38. The van der Waals surface area contributed by atoms with Gasteiger partial charge in [-0.2, -0.15) is 0 Å². The van der Waals surface area contributed by atoms with E-state index in [-0.39, 0.29) is 11.8 Å². The summed E-state index contributed by atoms with van der Waals surface area (Å²) in [4.78, 5) is 29.2. The van der Waals surface area contributed by atoms with Gasteiger partial charge in [-0.1, -0.05) is 12.1 Å². The Morgan fingerprint density at radius 3 is 2.48 bits per heavy atom. The van der Waals surface area contributed by atoms with Crippen molar-refractivity contribution in [2.24, 2.45) is 5.92 Å². The van der Waals surface area contributed by atoms with Crippen molar-refractivity contribution in [1.82, 2.24) is 4.90 Å². The van der Waals surface area contributed by atoms with Crippen LogP contribution < -0.4 is 4.90 Å². The van der Waals surface area contributed by atoms with Crippen LogP contribution >= 0.6 is 15.9 Å². The predicted molar refractivity (Wildman–Crippen MR) is 95.1 cm³/mol. The molecule has 7 heteroatoms. The number of benzene rings is 1. The van der Waals surface area contributed by atoms with E-state index in [4.69, 9.17) is 9.47 Å². The van der Waals surface area contributed by atoms with Crippen LogP contribution in [-0.2, 0) is 19.1 Å². The molecule has 1 unspecified atom stereocenters. The van der Waals surface area contributed by atoms with Gasteiger partial charge in [0.2, 0.25) is 11.8 Å². The van der Waals surface area contributed by atoms with E-state index in [9.17, 15) is 9.59 Å². The second-order valence-corrected chi connectivity index (χ2v) is 7.57. The maximum absolute atomic E-state index is 12.9. The molecular weight excluding hydrogens is 388 g/mol. The van der Waals surface area contributed by atoms with Gasteiger partial charge in [-0.15, -0.1) is 0 Å². The second kappa shape index (κ2) is 6.70. The number of halogens is 1. The van der Waals surface area contributed by atoms with E-state index in [1.54, 1.807) is 9.80 Å². The Bertz CT molecular complexity index is 679. The van der Waals surface area contributed by atoms with Crippen LogP contribution in [0.15, 0.2) is 28.7 Å². The molecule has 3 fully saturated rings. The molecule has 0 bridgehead atoms. The summed E-state index contributed by atoms with van der Waals surface area (Å²) in [5.74, 6) is -1.25. The van der Waals surface area contributed by atoms with Gasteiger partial charge >= 0.3 is 0 Å². The van der Waals surface area contributed by atoms with Crippen LogP contribution in [0.2, 0.25) is 0 Å². The molecule has 134 valence electrons. The normalized spacial score (nSPS) is 25.8. The summed E-state index contributed by atoms with van der Waals surface area (Å²) in [6.45, 7) is 2.98. The fourth-order valence-electron chi connectivity index (χ4n) is 3.89. The minimum atomic E-state index is -0.577. The molecule has 1 aromatic rings. The molecule has 4 rings (SSSR count). The van der Waals surface area contributed by atoms with E-state index >= 15 is 0 Å². The average molecular weight is 409 g/mol. The number of hydrogen-bond acceptors (Lipinski definition) is 4. The number of para-hydroxylation sites is 1. The standard InChI is InChI=1S/C18H21BrN2O4/c19-14-3-1-2-4-15(14)21-8-5-13(17(21)23)16(22)20-9-6-18(7-10-20)24-11-12-25-18/h1-4,13H,5-12H2. The van der Waals surface area contributed by atoms with Gasteiger partial charge in [0.05, 0.1) is 18.9 Å². The largest absolute Gasteiger partial charge is 0.347 e. The minimum absolute atomic E-state index is 0.0626. The highest BCUT2D eigenvalue weighted by atomic mass is 79.9. The van der Waals surface area contributed by atoms with Crippen LogP contribution in [0.1, 0.15) is 19.3 Å². The highest BCUT2D eigenvalue weighted by Gasteiger charge is 2.45. The van der Waals surface area contributed by atoms with E-state index < -0.39 is 11.7 Å². The van der Waals surface area contributed by atoms with Crippen molar-refractivity contribution in [3.8, 4) is 0 Å². The molecule has 1 atom stereocenters. The number of rotatable bonds is 2. The van der Waals surface area contributed by atoms with Crippen LogP contribution in [-0.4, -0.2) is 55.3 Å². The molecule has 3 heterocycles. The molecule has 1 aromatic carbocycles. The number of likely N-dealkylation sites (tertiary alicyclic amines) is 1. The maximum Gasteiger partial charge on any atom is 0.239 e. The van der Waals surface area contributed by atoms with Crippen molar-refractivity contribution >= 4 is 33.4 Å². The van der Waals surface area contributed by atoms with Gasteiger partial charge in [-0.25, -0.2) is 0 Å². The van der Waals surface area contributed by atoms with Crippen molar-refractivity contribution < 1.29 is 19.1 Å². The van der Waals surface area contributed by atoms with Crippen LogP contribution in [0, 0.1) is 5.92 Å². The Morgan fingerprint density at radius 1 is 1.12 bits per heavy atom. The first-order valence-electron chi connectivity index (χ1n) is 8.72. The number of hydrogen-bond donors (Lipinski definition) is 0. The fraction of sp³-hybridized carbons (Fsp3) is 0.556. The van der Waals surface area contributed by atoms with Crippen LogP contribution in [0.5, 0.6) is 0 Å². The lowest BCUT2D eigenvalue weighted by Crippen LogP contribution is -2.49. The van der Waals surface area contributed by atoms with Crippen molar-refractivity contribution in [3.05, 3.63) is 28.7 Å². The Morgan fingerprint density at radius 2 is 1.80 bits per heavy atom. The molecule has 0 aromatic heterocycles. The summed E-state index contributed by atoms with van der Waals surface area (Å²) in [5, 5.41) is 0. The molecule has 0 radical (unpaired) electrons. The molecule has 2 amide bonds. The monoisotopic (exact) mass is 408 g/mol. The number of carbonyl (C=O) groups excluding carboxylic acids is 2. The highest BCUT2D eigenvalue weighted by molar-refractivity contribution is 9.10. The summed E-state index contributed by atoms with van der Waals surface area (Å²) in [6.07, 6.45) is 1.91. The zero-order valence-corrected chi connectivity index (χ0v) is 15.5. The first-order valence-corrected chi connectivity index (χ1v) is 9.52. The third-order valence-electron chi connectivity index (χ3n) is 5.30. The average Bonchev–Trinajstić information content (AvgIpc) is 3.23. The number of piperidine rings is 1. The van der Waals surface area contributed by atoms with Crippen LogP contribution in [0.3, 0.4) is 0 Å². The van der Waals surface area contributed by atoms with Gasteiger partial charge in [0.1, 0.15) is 5.92 Å². The van der Waals surface area contributed by atoms with Crippen molar-refractivity contribution in [1.29, 1.82) is 0 Å². The summed E-state index contributed by atoms with van der Waals surface area (Å²) in [7, 11) is 0. The topological polar surface area (TPSA) is 59.1 Å². The van der Waals surface area contributed by atoms with Gasteiger partial charge in [0.25, 0.3) is 0 Å². The molecule has 3 aliphatic rings. The van der Waals surface area contributed by atoms with Gasteiger partial charge in [0.15, 0.2) is 5.79 Å². The smallest absolute Gasteiger partial charge is 0.239 e. The Hall–Kier alpha value is -1.44. The fourth-order valence-corrected chi connectivity index (χ4v) is 4.39. The quantitative estimate of drug-likeness (QED) is 0.703. The van der Waals surface area contributed by atoms with Gasteiger partial charge in [0, 0.05) is 36.9 Å². The lowest BCUT2D eigenvalue weighted by atomic mass is 10.00. The lowest BCUT2D eigenvalue weighted by molar-refractivity contribution is -0.188. The molecule has 6 nitrogen and oxygen atoms in total. The predicted octanol–water partition coefficient (Wildman–Crippen LogP) is 2.17. The van der Waals surface area contributed by atoms with Gasteiger partial charge in [-0.3, -0.25) is 9.59 Å². The molecule has 1 spiro atoms.